The monoisotopic (exact) mass is 253 g/mol. The van der Waals surface area contributed by atoms with Gasteiger partial charge >= 0.3 is 0 Å². The van der Waals surface area contributed by atoms with Gasteiger partial charge in [-0.2, -0.15) is 0 Å². The lowest BCUT2D eigenvalue weighted by molar-refractivity contribution is 0.165. The molecule has 1 aliphatic carbocycles. The van der Waals surface area contributed by atoms with E-state index in [9.17, 15) is 5.11 Å². The SMILES string of the molecule is OCC1(NCCc2ccccc2Cl)CCCC1. The first-order chi connectivity index (χ1) is 8.26. The second kappa shape index (κ2) is 5.85. The molecule has 0 bridgehead atoms. The Hall–Kier alpha value is -0.570. The summed E-state index contributed by atoms with van der Waals surface area (Å²) in [7, 11) is 0. The van der Waals surface area contributed by atoms with E-state index < -0.39 is 0 Å². The molecule has 0 atom stereocenters. The maximum Gasteiger partial charge on any atom is 0.0613 e. The molecule has 2 N–H and O–H groups in total. The van der Waals surface area contributed by atoms with Crippen molar-refractivity contribution in [3.63, 3.8) is 0 Å². The van der Waals surface area contributed by atoms with E-state index in [0.717, 1.165) is 30.8 Å². The van der Waals surface area contributed by atoms with Crippen LogP contribution in [0.15, 0.2) is 24.3 Å². The summed E-state index contributed by atoms with van der Waals surface area (Å²) < 4.78 is 0. The van der Waals surface area contributed by atoms with Crippen LogP contribution in [0.25, 0.3) is 0 Å². The Morgan fingerprint density at radius 1 is 1.24 bits per heavy atom. The van der Waals surface area contributed by atoms with E-state index in [0.29, 0.717) is 0 Å². The summed E-state index contributed by atoms with van der Waals surface area (Å²) in [6.45, 7) is 1.12. The summed E-state index contributed by atoms with van der Waals surface area (Å²) in [6.07, 6.45) is 5.54. The Kier molecular flexibility index (Phi) is 4.43. The van der Waals surface area contributed by atoms with Crippen molar-refractivity contribution in [1.29, 1.82) is 0 Å². The van der Waals surface area contributed by atoms with E-state index in [1.165, 1.54) is 18.4 Å². The Balaban J connectivity index is 1.85. The first kappa shape index (κ1) is 12.9. The van der Waals surface area contributed by atoms with Crippen LogP contribution < -0.4 is 5.32 Å². The summed E-state index contributed by atoms with van der Waals surface area (Å²) in [5.41, 5.74) is 1.15. The molecule has 0 heterocycles. The van der Waals surface area contributed by atoms with Gasteiger partial charge in [-0.15, -0.1) is 0 Å². The van der Waals surface area contributed by atoms with E-state index in [1.54, 1.807) is 0 Å². The second-order valence-electron chi connectivity index (χ2n) is 4.91. The molecule has 1 saturated carbocycles. The van der Waals surface area contributed by atoms with Crippen LogP contribution in [0.5, 0.6) is 0 Å². The van der Waals surface area contributed by atoms with Crippen LogP contribution >= 0.6 is 11.6 Å². The average Bonchev–Trinajstić information content (AvgIpc) is 2.81. The number of aliphatic hydroxyl groups is 1. The molecule has 0 spiro atoms. The summed E-state index contributed by atoms with van der Waals surface area (Å²) in [5, 5.41) is 13.8. The van der Waals surface area contributed by atoms with Crippen molar-refractivity contribution in [2.75, 3.05) is 13.2 Å². The molecule has 0 unspecified atom stereocenters. The molecule has 1 aromatic carbocycles. The molecular weight excluding hydrogens is 234 g/mol. The largest absolute Gasteiger partial charge is 0.394 e. The average molecular weight is 254 g/mol. The molecular formula is C14H20ClNO. The zero-order valence-electron chi connectivity index (χ0n) is 10.1. The summed E-state index contributed by atoms with van der Waals surface area (Å²) in [6, 6.07) is 7.95. The van der Waals surface area contributed by atoms with Gasteiger partial charge in [0.15, 0.2) is 0 Å². The summed E-state index contributed by atoms with van der Waals surface area (Å²) in [4.78, 5) is 0. The van der Waals surface area contributed by atoms with Crippen LogP contribution in [-0.2, 0) is 6.42 Å². The highest BCUT2D eigenvalue weighted by Crippen LogP contribution is 2.29. The van der Waals surface area contributed by atoms with E-state index in [2.05, 4.69) is 11.4 Å². The lowest BCUT2D eigenvalue weighted by atomic mass is 9.98. The molecule has 94 valence electrons. The highest BCUT2D eigenvalue weighted by molar-refractivity contribution is 6.31. The third-order valence-corrected chi connectivity index (χ3v) is 4.08. The highest BCUT2D eigenvalue weighted by atomic mass is 35.5. The minimum atomic E-state index is -0.0265. The maximum absolute atomic E-state index is 9.48. The summed E-state index contributed by atoms with van der Waals surface area (Å²) in [5.74, 6) is 0. The minimum absolute atomic E-state index is 0.0265. The lowest BCUT2D eigenvalue weighted by Gasteiger charge is -2.28. The molecule has 1 fully saturated rings. The quantitative estimate of drug-likeness (QED) is 0.846. The van der Waals surface area contributed by atoms with Crippen molar-refractivity contribution in [2.45, 2.75) is 37.6 Å². The number of benzene rings is 1. The van der Waals surface area contributed by atoms with E-state index in [-0.39, 0.29) is 12.1 Å². The standard InChI is InChI=1S/C14H20ClNO/c15-13-6-2-1-5-12(13)7-10-16-14(11-17)8-3-4-9-14/h1-2,5-6,16-17H,3-4,7-11H2. The van der Waals surface area contributed by atoms with Crippen molar-refractivity contribution in [2.24, 2.45) is 0 Å². The molecule has 2 nitrogen and oxygen atoms in total. The van der Waals surface area contributed by atoms with Gasteiger partial charge in [0.1, 0.15) is 0 Å². The van der Waals surface area contributed by atoms with Gasteiger partial charge in [0.05, 0.1) is 6.61 Å². The first-order valence-corrected chi connectivity index (χ1v) is 6.73. The molecule has 17 heavy (non-hydrogen) atoms. The molecule has 3 heteroatoms. The second-order valence-corrected chi connectivity index (χ2v) is 5.32. The number of halogens is 1. The minimum Gasteiger partial charge on any atom is -0.394 e. The zero-order valence-corrected chi connectivity index (χ0v) is 10.8. The Bertz CT molecular complexity index is 361. The van der Waals surface area contributed by atoms with Crippen molar-refractivity contribution in [3.05, 3.63) is 34.9 Å². The smallest absolute Gasteiger partial charge is 0.0613 e. The molecule has 0 saturated heterocycles. The van der Waals surface area contributed by atoms with Crippen LogP contribution in [0.4, 0.5) is 0 Å². The van der Waals surface area contributed by atoms with Gasteiger partial charge in [-0.3, -0.25) is 0 Å². The maximum atomic E-state index is 9.48. The number of rotatable bonds is 5. The van der Waals surface area contributed by atoms with Gasteiger partial charge in [-0.1, -0.05) is 42.6 Å². The normalized spacial score (nSPS) is 18.5. The fourth-order valence-corrected chi connectivity index (χ4v) is 2.84. The first-order valence-electron chi connectivity index (χ1n) is 6.35. The fourth-order valence-electron chi connectivity index (χ4n) is 2.61. The van der Waals surface area contributed by atoms with Gasteiger partial charge in [-0.25, -0.2) is 0 Å². The van der Waals surface area contributed by atoms with Crippen LogP contribution in [0, 0.1) is 0 Å². The van der Waals surface area contributed by atoms with Gasteiger partial charge in [0.2, 0.25) is 0 Å². The van der Waals surface area contributed by atoms with Crippen molar-refractivity contribution in [1.82, 2.24) is 5.32 Å². The highest BCUT2D eigenvalue weighted by Gasteiger charge is 2.32. The third kappa shape index (κ3) is 3.21. The van der Waals surface area contributed by atoms with Crippen LogP contribution in [0.3, 0.4) is 0 Å². The van der Waals surface area contributed by atoms with E-state index in [4.69, 9.17) is 11.6 Å². The number of nitrogens with one attached hydrogen (secondary N) is 1. The lowest BCUT2D eigenvalue weighted by Crippen LogP contribution is -2.46. The molecule has 0 aliphatic heterocycles. The molecule has 1 aliphatic rings. The summed E-state index contributed by atoms with van der Waals surface area (Å²) >= 11 is 6.11. The van der Waals surface area contributed by atoms with Crippen molar-refractivity contribution in [3.8, 4) is 0 Å². The molecule has 0 aromatic heterocycles. The van der Waals surface area contributed by atoms with Crippen LogP contribution in [0.2, 0.25) is 5.02 Å². The van der Waals surface area contributed by atoms with Crippen LogP contribution in [0.1, 0.15) is 31.2 Å². The number of hydrogen-bond donors (Lipinski definition) is 2. The van der Waals surface area contributed by atoms with E-state index in [1.807, 2.05) is 18.2 Å². The Labute approximate surface area is 108 Å². The molecule has 0 amide bonds. The van der Waals surface area contributed by atoms with Gasteiger partial charge < -0.3 is 10.4 Å². The predicted molar refractivity (Wildman–Crippen MR) is 71.4 cm³/mol. The van der Waals surface area contributed by atoms with Crippen molar-refractivity contribution >= 4 is 11.6 Å². The Morgan fingerprint density at radius 3 is 2.59 bits per heavy atom. The van der Waals surface area contributed by atoms with E-state index >= 15 is 0 Å². The topological polar surface area (TPSA) is 32.3 Å². The zero-order chi connectivity index (χ0) is 12.1. The molecule has 1 aromatic rings. The third-order valence-electron chi connectivity index (χ3n) is 3.72. The van der Waals surface area contributed by atoms with Gasteiger partial charge in [0, 0.05) is 10.6 Å². The fraction of sp³-hybridized carbons (Fsp3) is 0.571. The number of aliphatic hydroxyl groups excluding tert-OH is 1. The predicted octanol–water partition coefficient (Wildman–Crippen LogP) is 2.78. The molecule has 2 rings (SSSR count). The van der Waals surface area contributed by atoms with Gasteiger partial charge in [0.25, 0.3) is 0 Å². The van der Waals surface area contributed by atoms with Crippen molar-refractivity contribution < 1.29 is 5.11 Å². The Morgan fingerprint density at radius 2 is 1.94 bits per heavy atom. The van der Waals surface area contributed by atoms with Gasteiger partial charge in [-0.05, 0) is 37.4 Å². The van der Waals surface area contributed by atoms with Crippen LogP contribution in [-0.4, -0.2) is 23.8 Å². The molecule has 0 radical (unpaired) electrons. The number of hydrogen-bond acceptors (Lipinski definition) is 2.